The summed E-state index contributed by atoms with van der Waals surface area (Å²) in [4.78, 5) is 22.1. The van der Waals surface area contributed by atoms with Crippen molar-refractivity contribution in [2.24, 2.45) is 0 Å². The third kappa shape index (κ3) is 4.08. The molecule has 0 aliphatic rings. The highest BCUT2D eigenvalue weighted by Crippen LogP contribution is 2.19. The fraction of sp³-hybridized carbons (Fsp3) is 0.385. The van der Waals surface area contributed by atoms with Gasteiger partial charge in [-0.05, 0) is 31.9 Å². The Bertz CT molecular complexity index is 443. The number of phenols is 1. The van der Waals surface area contributed by atoms with E-state index in [4.69, 9.17) is 5.11 Å². The van der Waals surface area contributed by atoms with Gasteiger partial charge in [0.15, 0.2) is 0 Å². The van der Waals surface area contributed by atoms with Gasteiger partial charge in [0.25, 0.3) is 5.91 Å². The summed E-state index contributed by atoms with van der Waals surface area (Å²) in [5.41, 5.74) is 0.980. The van der Waals surface area contributed by atoms with Gasteiger partial charge in [-0.25, -0.2) is 0 Å². The molecule has 0 heterocycles. The lowest BCUT2D eigenvalue weighted by molar-refractivity contribution is -0.137. The first kappa shape index (κ1) is 14.0. The molecule has 5 heteroatoms. The minimum Gasteiger partial charge on any atom is -0.508 e. The summed E-state index contributed by atoms with van der Waals surface area (Å²) < 4.78 is 0. The van der Waals surface area contributed by atoms with E-state index in [2.05, 4.69) is 5.32 Å². The predicted octanol–water partition coefficient (Wildman–Crippen LogP) is 1.69. The average molecular weight is 251 g/mol. The minimum absolute atomic E-state index is 0.0912. The van der Waals surface area contributed by atoms with Crippen LogP contribution in [0, 0.1) is 6.92 Å². The molecular weight excluding hydrogens is 234 g/mol. The van der Waals surface area contributed by atoms with Gasteiger partial charge in [-0.1, -0.05) is 6.07 Å². The summed E-state index contributed by atoms with van der Waals surface area (Å²) in [6, 6.07) is 4.78. The van der Waals surface area contributed by atoms with Crippen molar-refractivity contribution in [3.8, 4) is 5.75 Å². The van der Waals surface area contributed by atoms with Crippen molar-refractivity contribution in [1.29, 1.82) is 0 Å². The number of aliphatic carboxylic acids is 1. The van der Waals surface area contributed by atoms with Crippen LogP contribution in [0.25, 0.3) is 0 Å². The number of carboxylic acids is 1. The number of carbonyl (C=O) groups is 2. The molecule has 18 heavy (non-hydrogen) atoms. The molecule has 0 unspecified atom stereocenters. The zero-order chi connectivity index (χ0) is 13.5. The number of benzene rings is 1. The second-order valence-electron chi connectivity index (χ2n) is 4.06. The number of phenolic OH excluding ortho intramolecular Hbond substituents is 1. The lowest BCUT2D eigenvalue weighted by Crippen LogP contribution is -2.25. The van der Waals surface area contributed by atoms with Gasteiger partial charge in [-0.15, -0.1) is 0 Å². The Kier molecular flexibility index (Phi) is 5.17. The Morgan fingerprint density at radius 2 is 2.00 bits per heavy atom. The molecule has 5 nitrogen and oxygen atoms in total. The number of carbonyl (C=O) groups excluding carboxylic acids is 1. The lowest BCUT2D eigenvalue weighted by Gasteiger charge is -2.08. The monoisotopic (exact) mass is 251 g/mol. The second-order valence-corrected chi connectivity index (χ2v) is 4.06. The highest BCUT2D eigenvalue weighted by molar-refractivity contribution is 5.96. The van der Waals surface area contributed by atoms with Crippen LogP contribution in [0.4, 0.5) is 0 Å². The summed E-state index contributed by atoms with van der Waals surface area (Å²) >= 11 is 0. The normalized spacial score (nSPS) is 10.1. The molecule has 0 aromatic heterocycles. The summed E-state index contributed by atoms with van der Waals surface area (Å²) in [6.45, 7) is 2.11. The van der Waals surface area contributed by atoms with E-state index >= 15 is 0 Å². The van der Waals surface area contributed by atoms with Gasteiger partial charge in [0.2, 0.25) is 0 Å². The minimum atomic E-state index is -0.829. The zero-order valence-corrected chi connectivity index (χ0v) is 10.3. The summed E-state index contributed by atoms with van der Waals surface area (Å²) in [5.74, 6) is -0.989. The number of hydrogen-bond acceptors (Lipinski definition) is 3. The first-order chi connectivity index (χ1) is 8.52. The maximum absolute atomic E-state index is 11.8. The molecule has 1 amide bonds. The maximum atomic E-state index is 11.8. The van der Waals surface area contributed by atoms with Crippen LogP contribution < -0.4 is 5.32 Å². The van der Waals surface area contributed by atoms with Gasteiger partial charge in [0.1, 0.15) is 5.75 Å². The van der Waals surface area contributed by atoms with Crippen LogP contribution in [0.2, 0.25) is 0 Å². The molecule has 0 spiro atoms. The molecule has 0 saturated heterocycles. The largest absolute Gasteiger partial charge is 0.508 e. The van der Waals surface area contributed by atoms with E-state index in [1.807, 2.05) is 0 Å². The molecule has 0 fully saturated rings. The molecule has 1 aromatic carbocycles. The molecule has 1 rings (SSSR count). The van der Waals surface area contributed by atoms with Crippen molar-refractivity contribution in [3.63, 3.8) is 0 Å². The van der Waals surface area contributed by atoms with Crippen LogP contribution in [-0.4, -0.2) is 28.6 Å². The third-order valence-corrected chi connectivity index (χ3v) is 2.65. The quantitative estimate of drug-likeness (QED) is 0.671. The molecule has 0 aliphatic heterocycles. The Balaban J connectivity index is 2.41. The number of aromatic hydroxyl groups is 1. The first-order valence-electron chi connectivity index (χ1n) is 5.81. The van der Waals surface area contributed by atoms with Gasteiger partial charge in [-0.3, -0.25) is 9.59 Å². The van der Waals surface area contributed by atoms with Gasteiger partial charge in [-0.2, -0.15) is 0 Å². The van der Waals surface area contributed by atoms with E-state index in [0.717, 1.165) is 0 Å². The standard InChI is InChI=1S/C13H17NO4/c1-9-10(5-4-6-11(9)15)13(18)14-8-3-2-7-12(16)17/h4-6,15H,2-3,7-8H2,1H3,(H,14,18)(H,16,17). The predicted molar refractivity (Wildman–Crippen MR) is 66.7 cm³/mol. The topological polar surface area (TPSA) is 86.6 Å². The Hall–Kier alpha value is -2.04. The first-order valence-corrected chi connectivity index (χ1v) is 5.81. The highest BCUT2D eigenvalue weighted by Gasteiger charge is 2.10. The Morgan fingerprint density at radius 1 is 1.28 bits per heavy atom. The van der Waals surface area contributed by atoms with Crippen LogP contribution in [-0.2, 0) is 4.79 Å². The molecule has 98 valence electrons. The zero-order valence-electron chi connectivity index (χ0n) is 10.3. The fourth-order valence-corrected chi connectivity index (χ4v) is 1.57. The van der Waals surface area contributed by atoms with E-state index in [-0.39, 0.29) is 18.1 Å². The van der Waals surface area contributed by atoms with E-state index in [9.17, 15) is 14.7 Å². The third-order valence-electron chi connectivity index (χ3n) is 2.65. The SMILES string of the molecule is Cc1c(O)cccc1C(=O)NCCCCC(=O)O. The van der Waals surface area contributed by atoms with Crippen molar-refractivity contribution in [1.82, 2.24) is 5.32 Å². The van der Waals surface area contributed by atoms with Crippen LogP contribution in [0.3, 0.4) is 0 Å². The Labute approximate surface area is 105 Å². The molecule has 0 radical (unpaired) electrons. The molecule has 1 aromatic rings. The summed E-state index contributed by atoms with van der Waals surface area (Å²) in [5, 5.41) is 20.6. The molecule has 0 bridgehead atoms. The van der Waals surface area contributed by atoms with E-state index in [0.29, 0.717) is 30.5 Å². The fourth-order valence-electron chi connectivity index (χ4n) is 1.57. The molecule has 0 aliphatic carbocycles. The van der Waals surface area contributed by atoms with Crippen molar-refractivity contribution >= 4 is 11.9 Å². The average Bonchev–Trinajstić information content (AvgIpc) is 2.31. The number of carboxylic acid groups (broad SMARTS) is 1. The second kappa shape index (κ2) is 6.64. The number of hydrogen-bond donors (Lipinski definition) is 3. The lowest BCUT2D eigenvalue weighted by atomic mass is 10.1. The number of amides is 1. The van der Waals surface area contributed by atoms with Crippen LogP contribution >= 0.6 is 0 Å². The number of rotatable bonds is 6. The molecule has 3 N–H and O–H groups in total. The number of unbranched alkanes of at least 4 members (excludes halogenated alkanes) is 1. The van der Waals surface area contributed by atoms with Crippen molar-refractivity contribution in [2.45, 2.75) is 26.2 Å². The van der Waals surface area contributed by atoms with Crippen LogP contribution in [0.1, 0.15) is 35.2 Å². The van der Waals surface area contributed by atoms with Crippen molar-refractivity contribution in [2.75, 3.05) is 6.54 Å². The summed E-state index contributed by atoms with van der Waals surface area (Å²) in [6.07, 6.45) is 1.27. The van der Waals surface area contributed by atoms with Crippen molar-refractivity contribution in [3.05, 3.63) is 29.3 Å². The van der Waals surface area contributed by atoms with Gasteiger partial charge in [0.05, 0.1) is 0 Å². The van der Waals surface area contributed by atoms with Gasteiger partial charge < -0.3 is 15.5 Å². The van der Waals surface area contributed by atoms with Crippen molar-refractivity contribution < 1.29 is 19.8 Å². The summed E-state index contributed by atoms with van der Waals surface area (Å²) in [7, 11) is 0. The van der Waals surface area contributed by atoms with Gasteiger partial charge >= 0.3 is 5.97 Å². The highest BCUT2D eigenvalue weighted by atomic mass is 16.4. The maximum Gasteiger partial charge on any atom is 0.303 e. The van der Waals surface area contributed by atoms with E-state index in [1.54, 1.807) is 19.1 Å². The molecule has 0 saturated carbocycles. The smallest absolute Gasteiger partial charge is 0.303 e. The molecular formula is C13H17NO4. The number of nitrogens with one attached hydrogen (secondary N) is 1. The van der Waals surface area contributed by atoms with E-state index in [1.165, 1.54) is 6.07 Å². The van der Waals surface area contributed by atoms with E-state index < -0.39 is 5.97 Å². The van der Waals surface area contributed by atoms with Crippen LogP contribution in [0.15, 0.2) is 18.2 Å². The Morgan fingerprint density at radius 3 is 2.67 bits per heavy atom. The van der Waals surface area contributed by atoms with Crippen LogP contribution in [0.5, 0.6) is 5.75 Å². The van der Waals surface area contributed by atoms with Gasteiger partial charge in [0, 0.05) is 24.1 Å². The molecule has 0 atom stereocenters.